The Morgan fingerprint density at radius 3 is 2.45 bits per heavy atom. The Balaban J connectivity index is 3.29. The van der Waals surface area contributed by atoms with Crippen LogP contribution in [0.2, 0.25) is 0 Å². The Labute approximate surface area is 122 Å². The average Bonchev–Trinajstić information content (AvgIpc) is 2.89. The number of thiophene rings is 1. The molecule has 0 amide bonds. The predicted molar refractivity (Wildman–Crippen MR) is 76.6 cm³/mol. The van der Waals surface area contributed by atoms with Crippen molar-refractivity contribution in [2.75, 3.05) is 13.2 Å². The van der Waals surface area contributed by atoms with E-state index in [1.807, 2.05) is 13.8 Å². The number of nitrogens with zero attached hydrogens (tertiary/aromatic N) is 1. The van der Waals surface area contributed by atoms with Crippen LogP contribution in [0.3, 0.4) is 0 Å². The number of aliphatic hydroxyl groups excluding tert-OH is 1. The number of carboxylic acids is 1. The van der Waals surface area contributed by atoms with E-state index in [-0.39, 0.29) is 29.0 Å². The van der Waals surface area contributed by atoms with Crippen molar-refractivity contribution in [3.63, 3.8) is 0 Å². The standard InChI is InChI=1S/C12H19NO5S2/c1-3-9(4-2)13(6-7-14)20(17,18)10-5-8-19-11(10)12(15)16/h5,8-9,14H,3-4,6-7H2,1-2H3,(H,15,16). The molecule has 1 heterocycles. The topological polar surface area (TPSA) is 94.9 Å². The van der Waals surface area contributed by atoms with Crippen LogP contribution in [0, 0.1) is 0 Å². The van der Waals surface area contributed by atoms with E-state index in [1.165, 1.54) is 15.8 Å². The summed E-state index contributed by atoms with van der Waals surface area (Å²) in [5.41, 5.74) is 0. The number of carboxylic acid groups (broad SMARTS) is 1. The van der Waals surface area contributed by atoms with Crippen molar-refractivity contribution in [2.24, 2.45) is 0 Å². The van der Waals surface area contributed by atoms with Crippen LogP contribution < -0.4 is 0 Å². The highest BCUT2D eigenvalue weighted by Gasteiger charge is 2.33. The van der Waals surface area contributed by atoms with Crippen LogP contribution in [0.1, 0.15) is 36.4 Å². The fraction of sp³-hybridized carbons (Fsp3) is 0.583. The van der Waals surface area contributed by atoms with E-state index < -0.39 is 16.0 Å². The molecule has 0 saturated carbocycles. The number of rotatable bonds is 8. The van der Waals surface area contributed by atoms with Gasteiger partial charge in [0.15, 0.2) is 0 Å². The van der Waals surface area contributed by atoms with Crippen molar-refractivity contribution >= 4 is 27.3 Å². The number of aromatic carboxylic acids is 1. The van der Waals surface area contributed by atoms with Gasteiger partial charge in [0.1, 0.15) is 9.77 Å². The molecule has 0 aliphatic carbocycles. The molecule has 0 saturated heterocycles. The summed E-state index contributed by atoms with van der Waals surface area (Å²) in [4.78, 5) is 10.7. The van der Waals surface area contributed by atoms with E-state index in [0.717, 1.165) is 11.3 Å². The molecule has 114 valence electrons. The predicted octanol–water partition coefficient (Wildman–Crippen LogP) is 1.62. The Morgan fingerprint density at radius 1 is 1.40 bits per heavy atom. The van der Waals surface area contributed by atoms with Gasteiger partial charge in [-0.2, -0.15) is 4.31 Å². The molecule has 0 fully saturated rings. The van der Waals surface area contributed by atoms with E-state index in [0.29, 0.717) is 12.8 Å². The van der Waals surface area contributed by atoms with Gasteiger partial charge >= 0.3 is 5.97 Å². The number of aliphatic hydroxyl groups is 1. The van der Waals surface area contributed by atoms with Gasteiger partial charge in [-0.3, -0.25) is 0 Å². The maximum absolute atomic E-state index is 12.6. The Bertz CT molecular complexity index is 548. The SMILES string of the molecule is CCC(CC)N(CCO)S(=O)(=O)c1ccsc1C(=O)O. The van der Waals surface area contributed by atoms with Gasteiger partial charge in [-0.15, -0.1) is 11.3 Å². The largest absolute Gasteiger partial charge is 0.477 e. The lowest BCUT2D eigenvalue weighted by Crippen LogP contribution is -2.41. The van der Waals surface area contributed by atoms with Crippen LogP contribution in [-0.4, -0.2) is 48.1 Å². The normalized spacial score (nSPS) is 12.2. The summed E-state index contributed by atoms with van der Waals surface area (Å²) in [6.07, 6.45) is 1.20. The molecule has 20 heavy (non-hydrogen) atoms. The van der Waals surface area contributed by atoms with Gasteiger partial charge in [0.2, 0.25) is 10.0 Å². The second-order valence-corrected chi connectivity index (χ2v) is 7.00. The maximum atomic E-state index is 12.6. The van der Waals surface area contributed by atoms with E-state index in [9.17, 15) is 13.2 Å². The highest BCUT2D eigenvalue weighted by molar-refractivity contribution is 7.89. The fourth-order valence-electron chi connectivity index (χ4n) is 2.08. The van der Waals surface area contributed by atoms with Crippen LogP contribution in [0.5, 0.6) is 0 Å². The van der Waals surface area contributed by atoms with Crippen molar-refractivity contribution in [2.45, 2.75) is 37.6 Å². The van der Waals surface area contributed by atoms with Gasteiger partial charge in [0, 0.05) is 12.6 Å². The second kappa shape index (κ2) is 7.16. The zero-order chi connectivity index (χ0) is 15.3. The molecular formula is C12H19NO5S2. The molecule has 1 aromatic heterocycles. The van der Waals surface area contributed by atoms with Crippen molar-refractivity contribution in [3.8, 4) is 0 Å². The molecule has 0 aromatic carbocycles. The molecule has 8 heteroatoms. The lowest BCUT2D eigenvalue weighted by Gasteiger charge is -2.28. The summed E-state index contributed by atoms with van der Waals surface area (Å²) < 4.78 is 26.4. The summed E-state index contributed by atoms with van der Waals surface area (Å²) in [5.74, 6) is -1.26. The van der Waals surface area contributed by atoms with E-state index >= 15 is 0 Å². The average molecular weight is 321 g/mol. The van der Waals surface area contributed by atoms with Gasteiger partial charge in [-0.05, 0) is 24.3 Å². The summed E-state index contributed by atoms with van der Waals surface area (Å²) >= 11 is 0.879. The zero-order valence-electron chi connectivity index (χ0n) is 11.4. The molecular weight excluding hydrogens is 302 g/mol. The summed E-state index contributed by atoms with van der Waals surface area (Å²) in [7, 11) is -3.92. The van der Waals surface area contributed by atoms with Gasteiger partial charge in [-0.1, -0.05) is 13.8 Å². The first-order valence-corrected chi connectivity index (χ1v) is 8.65. The minimum absolute atomic E-state index is 0.0381. The molecule has 0 aliphatic heterocycles. The van der Waals surface area contributed by atoms with Gasteiger partial charge in [0.25, 0.3) is 0 Å². The Hall–Kier alpha value is -0.960. The quantitative estimate of drug-likeness (QED) is 0.758. The number of hydrogen-bond donors (Lipinski definition) is 2. The first-order chi connectivity index (χ1) is 9.39. The summed E-state index contributed by atoms with van der Waals surface area (Å²) in [6.45, 7) is 3.38. The number of sulfonamides is 1. The summed E-state index contributed by atoms with van der Waals surface area (Å²) in [5, 5.41) is 19.6. The minimum Gasteiger partial charge on any atom is -0.477 e. The van der Waals surface area contributed by atoms with Crippen molar-refractivity contribution in [3.05, 3.63) is 16.3 Å². The Morgan fingerprint density at radius 2 is 2.00 bits per heavy atom. The van der Waals surface area contributed by atoms with Crippen molar-refractivity contribution in [1.29, 1.82) is 0 Å². The van der Waals surface area contributed by atoms with Crippen LogP contribution in [0.4, 0.5) is 0 Å². The Kier molecular flexibility index (Phi) is 6.12. The van der Waals surface area contributed by atoms with E-state index in [4.69, 9.17) is 10.2 Å². The molecule has 0 spiro atoms. The smallest absolute Gasteiger partial charge is 0.347 e. The van der Waals surface area contributed by atoms with Gasteiger partial charge in [-0.25, -0.2) is 13.2 Å². The molecule has 0 bridgehead atoms. The lowest BCUT2D eigenvalue weighted by molar-refractivity contribution is 0.0698. The number of hydrogen-bond acceptors (Lipinski definition) is 5. The molecule has 0 unspecified atom stereocenters. The highest BCUT2D eigenvalue weighted by atomic mass is 32.2. The van der Waals surface area contributed by atoms with Crippen LogP contribution in [-0.2, 0) is 10.0 Å². The molecule has 6 nitrogen and oxygen atoms in total. The minimum atomic E-state index is -3.92. The fourth-order valence-corrected chi connectivity index (χ4v) is 5.07. The van der Waals surface area contributed by atoms with Gasteiger partial charge in [0.05, 0.1) is 6.61 Å². The number of carbonyl (C=O) groups is 1. The van der Waals surface area contributed by atoms with Crippen LogP contribution >= 0.6 is 11.3 Å². The van der Waals surface area contributed by atoms with Crippen molar-refractivity contribution < 1.29 is 23.4 Å². The first kappa shape index (κ1) is 17.1. The maximum Gasteiger partial charge on any atom is 0.347 e. The van der Waals surface area contributed by atoms with E-state index in [2.05, 4.69) is 0 Å². The third kappa shape index (κ3) is 3.38. The highest BCUT2D eigenvalue weighted by Crippen LogP contribution is 2.27. The molecule has 0 atom stereocenters. The van der Waals surface area contributed by atoms with Crippen LogP contribution in [0.15, 0.2) is 16.3 Å². The summed E-state index contributed by atoms with van der Waals surface area (Å²) in [6, 6.07) is 1.05. The zero-order valence-corrected chi connectivity index (χ0v) is 13.1. The monoisotopic (exact) mass is 321 g/mol. The molecule has 2 N–H and O–H groups in total. The lowest BCUT2D eigenvalue weighted by atomic mass is 10.2. The molecule has 0 aliphatic rings. The van der Waals surface area contributed by atoms with Crippen LogP contribution in [0.25, 0.3) is 0 Å². The second-order valence-electron chi connectivity index (χ2n) is 4.23. The third-order valence-electron chi connectivity index (χ3n) is 3.08. The molecule has 1 rings (SSSR count). The first-order valence-electron chi connectivity index (χ1n) is 6.33. The molecule has 1 aromatic rings. The van der Waals surface area contributed by atoms with Gasteiger partial charge < -0.3 is 10.2 Å². The van der Waals surface area contributed by atoms with Crippen molar-refractivity contribution in [1.82, 2.24) is 4.31 Å². The molecule has 0 radical (unpaired) electrons. The third-order valence-corrected chi connectivity index (χ3v) is 6.11. The van der Waals surface area contributed by atoms with E-state index in [1.54, 1.807) is 0 Å².